The maximum Gasteiger partial charge on any atom is 0.328 e. The third kappa shape index (κ3) is 4.37. The Bertz CT molecular complexity index is 440. The highest BCUT2D eigenvalue weighted by molar-refractivity contribution is 9.13. The minimum absolute atomic E-state index is 0.193. The van der Waals surface area contributed by atoms with Gasteiger partial charge >= 0.3 is 5.97 Å². The Balaban J connectivity index is 2.62. The molecule has 1 atom stereocenters. The van der Waals surface area contributed by atoms with E-state index in [0.29, 0.717) is 4.88 Å². The lowest BCUT2D eigenvalue weighted by Gasteiger charge is -2.14. The van der Waals surface area contributed by atoms with Crippen LogP contribution in [0.1, 0.15) is 30.4 Å². The molecule has 1 unspecified atom stereocenters. The Morgan fingerprint density at radius 3 is 2.39 bits per heavy atom. The van der Waals surface area contributed by atoms with Gasteiger partial charge in [-0.2, -0.15) is 0 Å². The summed E-state index contributed by atoms with van der Waals surface area (Å²) in [5.41, 5.74) is 0. The summed E-state index contributed by atoms with van der Waals surface area (Å²) >= 11 is 7.91. The monoisotopic (exact) mass is 397 g/mol. The van der Waals surface area contributed by atoms with Crippen LogP contribution in [0.15, 0.2) is 14.3 Å². The smallest absolute Gasteiger partial charge is 0.328 e. The molecule has 0 fully saturated rings. The van der Waals surface area contributed by atoms with Gasteiger partial charge in [-0.25, -0.2) is 4.79 Å². The first kappa shape index (κ1) is 15.7. The Kier molecular flexibility index (Phi) is 5.81. The SMILES string of the molecule is CC(C)OC(=O)C(C)NC(=O)c1cc(Br)c(Br)s1. The van der Waals surface area contributed by atoms with E-state index in [-0.39, 0.29) is 12.0 Å². The molecular weight excluding hydrogens is 386 g/mol. The fourth-order valence-electron chi connectivity index (χ4n) is 1.12. The van der Waals surface area contributed by atoms with E-state index in [4.69, 9.17) is 4.74 Å². The van der Waals surface area contributed by atoms with E-state index in [0.717, 1.165) is 8.26 Å². The Morgan fingerprint density at radius 2 is 1.94 bits per heavy atom. The van der Waals surface area contributed by atoms with Gasteiger partial charge in [0.1, 0.15) is 6.04 Å². The molecule has 0 aliphatic carbocycles. The quantitative estimate of drug-likeness (QED) is 0.791. The van der Waals surface area contributed by atoms with E-state index in [9.17, 15) is 9.59 Å². The van der Waals surface area contributed by atoms with Gasteiger partial charge in [-0.05, 0) is 58.7 Å². The molecule has 7 heteroatoms. The van der Waals surface area contributed by atoms with Crippen LogP contribution in [-0.4, -0.2) is 24.0 Å². The van der Waals surface area contributed by atoms with E-state index < -0.39 is 12.0 Å². The number of nitrogens with one attached hydrogen (secondary N) is 1. The van der Waals surface area contributed by atoms with Crippen molar-refractivity contribution in [1.29, 1.82) is 0 Å². The molecule has 100 valence electrons. The molecule has 0 saturated carbocycles. The molecule has 1 N–H and O–H groups in total. The molecule has 0 spiro atoms. The number of esters is 1. The normalized spacial score (nSPS) is 12.3. The van der Waals surface area contributed by atoms with Gasteiger partial charge in [-0.3, -0.25) is 4.79 Å². The first-order valence-electron chi connectivity index (χ1n) is 5.27. The molecule has 0 aliphatic heterocycles. The van der Waals surface area contributed by atoms with Crippen LogP contribution in [0, 0.1) is 0 Å². The average molecular weight is 399 g/mol. The van der Waals surface area contributed by atoms with Gasteiger partial charge in [-0.1, -0.05) is 0 Å². The predicted molar refractivity (Wildman–Crippen MR) is 77.9 cm³/mol. The Labute approximate surface area is 126 Å². The number of hydrogen-bond acceptors (Lipinski definition) is 4. The van der Waals surface area contributed by atoms with Crippen molar-refractivity contribution in [3.63, 3.8) is 0 Å². The number of hydrogen-bond donors (Lipinski definition) is 1. The second kappa shape index (κ2) is 6.68. The topological polar surface area (TPSA) is 55.4 Å². The van der Waals surface area contributed by atoms with Gasteiger partial charge < -0.3 is 10.1 Å². The number of carbonyl (C=O) groups excluding carboxylic acids is 2. The summed E-state index contributed by atoms with van der Waals surface area (Å²) in [6.45, 7) is 5.13. The third-order valence-electron chi connectivity index (χ3n) is 1.92. The number of amides is 1. The van der Waals surface area contributed by atoms with Crippen molar-refractivity contribution >= 4 is 55.1 Å². The summed E-state index contributed by atoms with van der Waals surface area (Å²) in [6.07, 6.45) is -0.193. The average Bonchev–Trinajstić information content (AvgIpc) is 2.58. The van der Waals surface area contributed by atoms with Crippen LogP contribution in [0.4, 0.5) is 0 Å². The van der Waals surface area contributed by atoms with Gasteiger partial charge in [0.15, 0.2) is 0 Å². The van der Waals surface area contributed by atoms with Crippen LogP contribution in [0.3, 0.4) is 0 Å². The lowest BCUT2D eigenvalue weighted by atomic mass is 10.3. The van der Waals surface area contributed by atoms with Crippen molar-refractivity contribution < 1.29 is 14.3 Å². The molecule has 1 aromatic rings. The molecule has 0 radical (unpaired) electrons. The van der Waals surface area contributed by atoms with Crippen LogP contribution in [0.2, 0.25) is 0 Å². The highest BCUT2D eigenvalue weighted by Crippen LogP contribution is 2.32. The van der Waals surface area contributed by atoms with E-state index in [2.05, 4.69) is 37.2 Å². The van der Waals surface area contributed by atoms with Crippen molar-refractivity contribution in [1.82, 2.24) is 5.32 Å². The number of thiophene rings is 1. The molecule has 1 rings (SSSR count). The first-order chi connectivity index (χ1) is 8.31. The Morgan fingerprint density at radius 1 is 1.33 bits per heavy atom. The van der Waals surface area contributed by atoms with Gasteiger partial charge in [0, 0.05) is 4.47 Å². The lowest BCUT2D eigenvalue weighted by Crippen LogP contribution is -2.40. The van der Waals surface area contributed by atoms with Crippen molar-refractivity contribution in [3.8, 4) is 0 Å². The standard InChI is InChI=1S/C11H13Br2NO3S/c1-5(2)17-11(16)6(3)14-10(15)8-4-7(12)9(13)18-8/h4-6H,1-3H3,(H,14,15). The van der Waals surface area contributed by atoms with Crippen LogP contribution < -0.4 is 5.32 Å². The van der Waals surface area contributed by atoms with E-state index in [1.807, 2.05) is 0 Å². The maximum absolute atomic E-state index is 11.9. The molecular formula is C11H13Br2NO3S. The maximum atomic E-state index is 11.9. The molecule has 1 heterocycles. The minimum Gasteiger partial charge on any atom is -0.461 e. The second-order valence-corrected chi connectivity index (χ2v) is 7.14. The number of ether oxygens (including phenoxy) is 1. The van der Waals surface area contributed by atoms with Gasteiger partial charge in [-0.15, -0.1) is 11.3 Å². The van der Waals surface area contributed by atoms with Gasteiger partial charge in [0.05, 0.1) is 14.8 Å². The molecule has 0 bridgehead atoms. The number of halogens is 2. The summed E-state index contributed by atoms with van der Waals surface area (Å²) in [7, 11) is 0. The van der Waals surface area contributed by atoms with Crippen LogP contribution >= 0.6 is 43.2 Å². The summed E-state index contributed by atoms with van der Waals surface area (Å²) in [6, 6.07) is 1.03. The van der Waals surface area contributed by atoms with Crippen molar-refractivity contribution in [3.05, 3.63) is 19.2 Å². The largest absolute Gasteiger partial charge is 0.461 e. The van der Waals surface area contributed by atoms with Crippen LogP contribution in [0.5, 0.6) is 0 Å². The summed E-state index contributed by atoms with van der Waals surface area (Å²) in [4.78, 5) is 23.9. The molecule has 1 amide bonds. The van der Waals surface area contributed by atoms with Gasteiger partial charge in [0.25, 0.3) is 5.91 Å². The minimum atomic E-state index is -0.667. The summed E-state index contributed by atoms with van der Waals surface area (Å²) in [5.74, 6) is -0.729. The first-order valence-corrected chi connectivity index (χ1v) is 7.67. The van der Waals surface area contributed by atoms with Crippen molar-refractivity contribution in [2.24, 2.45) is 0 Å². The molecule has 0 aliphatic rings. The molecule has 0 saturated heterocycles. The third-order valence-corrected chi connectivity index (χ3v) is 5.18. The zero-order chi connectivity index (χ0) is 13.9. The highest BCUT2D eigenvalue weighted by Gasteiger charge is 2.20. The van der Waals surface area contributed by atoms with E-state index >= 15 is 0 Å². The van der Waals surface area contributed by atoms with Crippen molar-refractivity contribution in [2.75, 3.05) is 0 Å². The fraction of sp³-hybridized carbons (Fsp3) is 0.455. The lowest BCUT2D eigenvalue weighted by molar-refractivity contribution is -0.149. The number of carbonyl (C=O) groups is 2. The van der Waals surface area contributed by atoms with Crippen LogP contribution in [0.25, 0.3) is 0 Å². The van der Waals surface area contributed by atoms with Crippen molar-refractivity contribution in [2.45, 2.75) is 32.9 Å². The molecule has 0 aromatic carbocycles. The molecule has 4 nitrogen and oxygen atoms in total. The van der Waals surface area contributed by atoms with E-state index in [1.54, 1.807) is 26.8 Å². The summed E-state index contributed by atoms with van der Waals surface area (Å²) < 4.78 is 6.66. The van der Waals surface area contributed by atoms with Gasteiger partial charge in [0.2, 0.25) is 0 Å². The zero-order valence-electron chi connectivity index (χ0n) is 10.1. The molecule has 1 aromatic heterocycles. The molecule has 18 heavy (non-hydrogen) atoms. The van der Waals surface area contributed by atoms with E-state index in [1.165, 1.54) is 11.3 Å². The second-order valence-electron chi connectivity index (χ2n) is 3.91. The number of rotatable bonds is 4. The summed E-state index contributed by atoms with van der Waals surface area (Å²) in [5, 5.41) is 2.60. The highest BCUT2D eigenvalue weighted by atomic mass is 79.9. The van der Waals surface area contributed by atoms with Crippen LogP contribution in [-0.2, 0) is 9.53 Å². The fourth-order valence-corrected chi connectivity index (χ4v) is 3.06. The zero-order valence-corrected chi connectivity index (χ0v) is 14.1. The Hall–Kier alpha value is -0.400. The predicted octanol–water partition coefficient (Wildman–Crippen LogP) is 3.34.